The molecule has 0 bridgehead atoms. The second-order valence-electron chi connectivity index (χ2n) is 5.87. The molecule has 1 rings (SSSR count). The van der Waals surface area contributed by atoms with E-state index < -0.39 is 0 Å². The van der Waals surface area contributed by atoms with Crippen LogP contribution >= 0.6 is 0 Å². The molecule has 0 amide bonds. The highest BCUT2D eigenvalue weighted by Gasteiger charge is 2.23. The van der Waals surface area contributed by atoms with Crippen LogP contribution in [0.1, 0.15) is 65.7 Å². The van der Waals surface area contributed by atoms with Gasteiger partial charge in [-0.15, -0.1) is 0 Å². The van der Waals surface area contributed by atoms with Crippen LogP contribution in [0, 0.1) is 17.8 Å². The Balaban J connectivity index is 2.15. The Morgan fingerprint density at radius 2 is 1.76 bits per heavy atom. The topological polar surface area (TPSA) is 26.3 Å². The molecule has 1 saturated carbocycles. The molecule has 0 unspecified atom stereocenters. The third-order valence-corrected chi connectivity index (χ3v) is 3.88. The van der Waals surface area contributed by atoms with E-state index in [1.807, 2.05) is 6.92 Å². The minimum atomic E-state index is -0.00173. The smallest absolute Gasteiger partial charge is 0.306 e. The van der Waals surface area contributed by atoms with E-state index >= 15 is 0 Å². The minimum absolute atomic E-state index is 0.00173. The number of carbonyl (C=O) groups is 1. The molecule has 2 heteroatoms. The van der Waals surface area contributed by atoms with Gasteiger partial charge in [-0.25, -0.2) is 0 Å². The molecule has 0 aliphatic heterocycles. The Morgan fingerprint density at radius 3 is 2.29 bits per heavy atom. The lowest BCUT2D eigenvalue weighted by atomic mass is 9.78. The van der Waals surface area contributed by atoms with Gasteiger partial charge in [0, 0.05) is 6.42 Å². The van der Waals surface area contributed by atoms with Crippen molar-refractivity contribution in [3.63, 3.8) is 0 Å². The summed E-state index contributed by atoms with van der Waals surface area (Å²) >= 11 is 0. The van der Waals surface area contributed by atoms with Crippen LogP contribution in [-0.4, -0.2) is 12.6 Å². The molecule has 0 aromatic carbocycles. The first-order chi connectivity index (χ1) is 8.11. The first-order valence-corrected chi connectivity index (χ1v) is 7.27. The third kappa shape index (κ3) is 6.09. The highest BCUT2D eigenvalue weighted by molar-refractivity contribution is 5.69. The molecular weight excluding hydrogens is 212 g/mol. The van der Waals surface area contributed by atoms with E-state index in [1.54, 1.807) is 0 Å². The van der Waals surface area contributed by atoms with Gasteiger partial charge in [0.1, 0.15) is 0 Å². The lowest BCUT2D eigenvalue weighted by Gasteiger charge is -2.28. The zero-order valence-electron chi connectivity index (χ0n) is 11.7. The summed E-state index contributed by atoms with van der Waals surface area (Å²) in [6.45, 7) is 6.99. The summed E-state index contributed by atoms with van der Waals surface area (Å²) in [5.41, 5.74) is 0. The van der Waals surface area contributed by atoms with Crippen molar-refractivity contribution in [3.8, 4) is 0 Å². The lowest BCUT2D eigenvalue weighted by molar-refractivity contribution is -0.144. The van der Waals surface area contributed by atoms with Crippen molar-refractivity contribution >= 4 is 5.97 Å². The zero-order valence-corrected chi connectivity index (χ0v) is 11.7. The average Bonchev–Trinajstić information content (AvgIpc) is 2.28. The molecule has 1 aliphatic carbocycles. The van der Waals surface area contributed by atoms with Crippen molar-refractivity contribution in [2.45, 2.75) is 65.7 Å². The zero-order chi connectivity index (χ0) is 12.7. The molecule has 0 atom stereocenters. The maximum Gasteiger partial charge on any atom is 0.306 e. The summed E-state index contributed by atoms with van der Waals surface area (Å²) in [7, 11) is 0. The maximum absolute atomic E-state index is 11.4. The Labute approximate surface area is 106 Å². The average molecular weight is 240 g/mol. The van der Waals surface area contributed by atoms with Crippen molar-refractivity contribution in [2.75, 3.05) is 6.61 Å². The normalized spacial score (nSPS) is 24.9. The number of rotatable bonds is 6. The van der Waals surface area contributed by atoms with E-state index in [4.69, 9.17) is 4.74 Å². The Hall–Kier alpha value is -0.530. The molecule has 0 spiro atoms. The van der Waals surface area contributed by atoms with Gasteiger partial charge in [-0.05, 0) is 37.5 Å². The number of ether oxygens (including phenoxy) is 1. The van der Waals surface area contributed by atoms with Gasteiger partial charge in [-0.1, -0.05) is 39.5 Å². The predicted molar refractivity (Wildman–Crippen MR) is 70.8 cm³/mol. The third-order valence-electron chi connectivity index (χ3n) is 3.88. The molecule has 0 aromatic rings. The van der Waals surface area contributed by atoms with Crippen LogP contribution in [0.5, 0.6) is 0 Å². The van der Waals surface area contributed by atoms with E-state index in [9.17, 15) is 4.79 Å². The van der Waals surface area contributed by atoms with E-state index in [1.165, 1.54) is 38.5 Å². The van der Waals surface area contributed by atoms with Crippen LogP contribution in [0.4, 0.5) is 0 Å². The minimum Gasteiger partial charge on any atom is -0.466 e. The van der Waals surface area contributed by atoms with Gasteiger partial charge in [0.2, 0.25) is 0 Å². The van der Waals surface area contributed by atoms with Crippen LogP contribution in [0.2, 0.25) is 0 Å². The van der Waals surface area contributed by atoms with E-state index in [0.29, 0.717) is 18.9 Å². The first kappa shape index (κ1) is 14.5. The van der Waals surface area contributed by atoms with Gasteiger partial charge in [0.25, 0.3) is 0 Å². The summed E-state index contributed by atoms with van der Waals surface area (Å²) in [4.78, 5) is 11.4. The maximum atomic E-state index is 11.4. The molecule has 0 aromatic heterocycles. The molecule has 100 valence electrons. The van der Waals surface area contributed by atoms with Gasteiger partial charge >= 0.3 is 5.97 Å². The molecular formula is C15H28O2. The van der Waals surface area contributed by atoms with Crippen LogP contribution < -0.4 is 0 Å². The van der Waals surface area contributed by atoms with Gasteiger partial charge < -0.3 is 4.74 Å². The highest BCUT2D eigenvalue weighted by Crippen LogP contribution is 2.34. The van der Waals surface area contributed by atoms with Crippen molar-refractivity contribution in [1.82, 2.24) is 0 Å². The quantitative estimate of drug-likeness (QED) is 0.651. The van der Waals surface area contributed by atoms with E-state index in [2.05, 4.69) is 13.8 Å². The number of esters is 1. The molecule has 0 heterocycles. The Bertz CT molecular complexity index is 215. The van der Waals surface area contributed by atoms with Crippen LogP contribution in [0.25, 0.3) is 0 Å². The monoisotopic (exact) mass is 240 g/mol. The molecule has 0 radical (unpaired) electrons. The van der Waals surface area contributed by atoms with Crippen LogP contribution in [0.3, 0.4) is 0 Å². The molecule has 1 fully saturated rings. The molecule has 0 N–H and O–H groups in total. The first-order valence-electron chi connectivity index (χ1n) is 7.27. The van der Waals surface area contributed by atoms with E-state index in [0.717, 1.165) is 11.8 Å². The standard InChI is InChI=1S/C15H28O2/c1-4-17-15(16)11-14-9-7-13(8-10-14)6-5-12(2)3/h12-14H,4-11H2,1-3H3. The summed E-state index contributed by atoms with van der Waals surface area (Å²) in [6, 6.07) is 0. The summed E-state index contributed by atoms with van der Waals surface area (Å²) in [5.74, 6) is 2.32. The van der Waals surface area contributed by atoms with Gasteiger partial charge in [-0.2, -0.15) is 0 Å². The van der Waals surface area contributed by atoms with Crippen LogP contribution in [0.15, 0.2) is 0 Å². The van der Waals surface area contributed by atoms with Crippen molar-refractivity contribution in [2.24, 2.45) is 17.8 Å². The fraction of sp³-hybridized carbons (Fsp3) is 0.933. The highest BCUT2D eigenvalue weighted by atomic mass is 16.5. The molecule has 2 nitrogen and oxygen atoms in total. The van der Waals surface area contributed by atoms with Gasteiger partial charge in [0.15, 0.2) is 0 Å². The van der Waals surface area contributed by atoms with Crippen molar-refractivity contribution in [1.29, 1.82) is 0 Å². The summed E-state index contributed by atoms with van der Waals surface area (Å²) < 4.78 is 5.01. The van der Waals surface area contributed by atoms with Gasteiger partial charge in [0.05, 0.1) is 6.61 Å². The molecule has 0 saturated heterocycles. The number of carbonyl (C=O) groups excluding carboxylic acids is 1. The van der Waals surface area contributed by atoms with E-state index in [-0.39, 0.29) is 5.97 Å². The van der Waals surface area contributed by atoms with Crippen molar-refractivity contribution < 1.29 is 9.53 Å². The molecule has 17 heavy (non-hydrogen) atoms. The fourth-order valence-electron chi connectivity index (χ4n) is 2.75. The Kier molecular flexibility index (Phi) is 6.61. The second kappa shape index (κ2) is 7.73. The summed E-state index contributed by atoms with van der Waals surface area (Å²) in [6.07, 6.45) is 8.46. The second-order valence-corrected chi connectivity index (χ2v) is 5.87. The number of hydrogen-bond acceptors (Lipinski definition) is 2. The fourth-order valence-corrected chi connectivity index (χ4v) is 2.75. The Morgan fingerprint density at radius 1 is 1.18 bits per heavy atom. The SMILES string of the molecule is CCOC(=O)CC1CCC(CCC(C)C)CC1. The number of hydrogen-bond donors (Lipinski definition) is 0. The largest absolute Gasteiger partial charge is 0.466 e. The van der Waals surface area contributed by atoms with Crippen LogP contribution in [-0.2, 0) is 9.53 Å². The predicted octanol–water partition coefficient (Wildman–Crippen LogP) is 4.18. The summed E-state index contributed by atoms with van der Waals surface area (Å²) in [5, 5.41) is 0. The van der Waals surface area contributed by atoms with Crippen molar-refractivity contribution in [3.05, 3.63) is 0 Å². The molecule has 1 aliphatic rings. The van der Waals surface area contributed by atoms with Gasteiger partial charge in [-0.3, -0.25) is 4.79 Å². The lowest BCUT2D eigenvalue weighted by Crippen LogP contribution is -2.19.